The van der Waals surface area contributed by atoms with Crippen LogP contribution < -0.4 is 10.5 Å². The lowest BCUT2D eigenvalue weighted by Gasteiger charge is -2.39. The number of amides is 1. The lowest BCUT2D eigenvalue weighted by Crippen LogP contribution is -2.60. The molecule has 0 aromatic heterocycles. The van der Waals surface area contributed by atoms with E-state index in [9.17, 15) is 31.2 Å². The van der Waals surface area contributed by atoms with Gasteiger partial charge in [-0.25, -0.2) is 13.2 Å². The van der Waals surface area contributed by atoms with Gasteiger partial charge in [-0.2, -0.15) is 22.0 Å². The summed E-state index contributed by atoms with van der Waals surface area (Å²) < 4.78 is 109. The second-order valence-corrected chi connectivity index (χ2v) is 15.7. The van der Waals surface area contributed by atoms with Gasteiger partial charge in [0.15, 0.2) is 0 Å². The normalized spacial score (nSPS) is 16.9. The Morgan fingerprint density at radius 3 is 2.00 bits per heavy atom. The maximum atomic E-state index is 17.0. The van der Waals surface area contributed by atoms with E-state index in [1.807, 2.05) is 0 Å². The van der Waals surface area contributed by atoms with Gasteiger partial charge in [-0.1, -0.05) is 60.1 Å². The van der Waals surface area contributed by atoms with Gasteiger partial charge in [-0.15, -0.1) is 0 Å². The van der Waals surface area contributed by atoms with Crippen molar-refractivity contribution in [1.82, 2.24) is 9.37 Å². The minimum Gasteiger partial charge on any atom is -0.490 e. The molecule has 288 valence electrons. The zero-order valence-electron chi connectivity index (χ0n) is 28.8. The molecule has 4 aromatic carbocycles. The second-order valence-electron chi connectivity index (χ2n) is 13.4. The number of hydrogen-bond acceptors (Lipinski definition) is 7. The molecule has 1 aliphatic heterocycles. The third kappa shape index (κ3) is 8.49. The van der Waals surface area contributed by atoms with Crippen LogP contribution in [0.1, 0.15) is 44.1 Å². The highest BCUT2D eigenvalue weighted by Crippen LogP contribution is 2.41. The quantitative estimate of drug-likeness (QED) is 0.121. The molecule has 0 spiro atoms. The number of nitrogens with zero attached hydrogens (tertiary/aromatic N) is 2. The Bertz CT molecular complexity index is 2090. The van der Waals surface area contributed by atoms with Crippen molar-refractivity contribution in [2.75, 3.05) is 19.6 Å². The van der Waals surface area contributed by atoms with Gasteiger partial charge >= 0.3 is 18.1 Å². The number of likely N-dealkylation sites (tertiary alicyclic amines) is 1. The van der Waals surface area contributed by atoms with Crippen molar-refractivity contribution in [3.8, 4) is 16.9 Å². The Balaban J connectivity index is 1.43. The lowest BCUT2D eigenvalue weighted by atomic mass is 9.94. The van der Waals surface area contributed by atoms with Crippen LogP contribution in [0.5, 0.6) is 5.75 Å². The van der Waals surface area contributed by atoms with E-state index < -0.39 is 55.0 Å². The highest BCUT2D eigenvalue weighted by Gasteiger charge is 2.58. The fourth-order valence-electron chi connectivity index (χ4n) is 6.74. The summed E-state index contributed by atoms with van der Waals surface area (Å²) in [5.74, 6) is -8.79. The molecule has 0 bridgehead atoms. The Morgan fingerprint density at radius 1 is 0.833 bits per heavy atom. The average molecular weight is 794 g/mol. The van der Waals surface area contributed by atoms with E-state index >= 15 is 8.78 Å². The molecule has 54 heavy (non-hydrogen) atoms. The number of sulfonamides is 1. The SMILES string of the molecule is NCC1CCN(C(=O)[C@H](N(OC(=O)C(F)(F)F)S(=O)(=O)c2ccc3cc(OC4CCCC4)ccc3c2)C(F)(F)c2ccc(-c3ccc(Cl)cc3)cc2)CC1. The third-order valence-corrected chi connectivity index (χ3v) is 11.7. The van der Waals surface area contributed by atoms with E-state index in [1.165, 1.54) is 24.3 Å². The van der Waals surface area contributed by atoms with Crippen molar-refractivity contribution in [2.45, 2.75) is 67.7 Å². The van der Waals surface area contributed by atoms with Crippen molar-refractivity contribution >= 4 is 44.3 Å². The lowest BCUT2D eigenvalue weighted by molar-refractivity contribution is -0.239. The minimum atomic E-state index is -5.82. The maximum Gasteiger partial charge on any atom is 0.492 e. The number of carbonyl (C=O) groups excluding carboxylic acids is 2. The number of alkyl halides is 5. The van der Waals surface area contributed by atoms with E-state index in [1.54, 1.807) is 36.4 Å². The van der Waals surface area contributed by atoms with E-state index in [0.717, 1.165) is 54.8 Å². The second kappa shape index (κ2) is 15.8. The average Bonchev–Trinajstić information content (AvgIpc) is 3.67. The fraction of sp³-hybridized carbons (Fsp3) is 0.368. The van der Waals surface area contributed by atoms with Crippen molar-refractivity contribution in [3.63, 3.8) is 0 Å². The van der Waals surface area contributed by atoms with Crippen LogP contribution in [-0.2, 0) is 30.4 Å². The van der Waals surface area contributed by atoms with E-state index in [4.69, 9.17) is 22.1 Å². The van der Waals surface area contributed by atoms with Crippen molar-refractivity contribution in [1.29, 1.82) is 0 Å². The van der Waals surface area contributed by atoms with Gasteiger partial charge in [0.2, 0.25) is 6.04 Å². The predicted octanol–water partition coefficient (Wildman–Crippen LogP) is 7.85. The van der Waals surface area contributed by atoms with Crippen molar-refractivity contribution < 1.29 is 49.5 Å². The summed E-state index contributed by atoms with van der Waals surface area (Å²) in [4.78, 5) is 31.0. The third-order valence-electron chi connectivity index (χ3n) is 9.82. The number of piperidine rings is 1. The van der Waals surface area contributed by atoms with Gasteiger partial charge in [-0.3, -0.25) is 4.79 Å². The van der Waals surface area contributed by atoms with Crippen molar-refractivity contribution in [3.05, 3.63) is 95.5 Å². The van der Waals surface area contributed by atoms with E-state index in [2.05, 4.69) is 4.84 Å². The molecule has 6 rings (SSSR count). The number of rotatable bonds is 11. The first kappa shape index (κ1) is 39.4. The molecule has 4 aromatic rings. The first-order valence-corrected chi connectivity index (χ1v) is 19.2. The van der Waals surface area contributed by atoms with Gasteiger partial charge in [0, 0.05) is 23.7 Å². The summed E-state index contributed by atoms with van der Waals surface area (Å²) in [6.07, 6.45) is -1.46. The fourth-order valence-corrected chi connectivity index (χ4v) is 8.25. The molecule has 1 atom stereocenters. The van der Waals surface area contributed by atoms with Crippen LogP contribution in [0, 0.1) is 5.92 Å². The number of halogens is 6. The first-order chi connectivity index (χ1) is 25.6. The molecule has 0 radical (unpaired) electrons. The zero-order chi connectivity index (χ0) is 38.8. The zero-order valence-corrected chi connectivity index (χ0v) is 30.3. The van der Waals surface area contributed by atoms with Gasteiger partial charge in [0.1, 0.15) is 5.75 Å². The molecule has 1 saturated carbocycles. The summed E-state index contributed by atoms with van der Waals surface area (Å²) in [5.41, 5.74) is 5.86. The number of hydrogen-bond donors (Lipinski definition) is 1. The number of benzene rings is 4. The van der Waals surface area contributed by atoms with Crippen LogP contribution in [-0.4, -0.2) is 67.6 Å². The van der Waals surface area contributed by atoms with Crippen LogP contribution in [0.2, 0.25) is 5.02 Å². The largest absolute Gasteiger partial charge is 0.492 e. The molecule has 1 aliphatic carbocycles. The van der Waals surface area contributed by atoms with Gasteiger partial charge in [-0.05, 0) is 114 Å². The molecule has 16 heteroatoms. The summed E-state index contributed by atoms with van der Waals surface area (Å²) in [5, 5.41) is 1.16. The Kier molecular flexibility index (Phi) is 11.5. The summed E-state index contributed by atoms with van der Waals surface area (Å²) in [6, 6.07) is 15.6. The monoisotopic (exact) mass is 793 g/mol. The van der Waals surface area contributed by atoms with Gasteiger partial charge < -0.3 is 20.2 Å². The number of carbonyl (C=O) groups is 2. The molecule has 2 aliphatic rings. The summed E-state index contributed by atoms with van der Waals surface area (Å²) in [6.45, 7) is -0.0578. The molecule has 0 unspecified atom stereocenters. The molecule has 9 nitrogen and oxygen atoms in total. The number of fused-ring (bicyclic) bond motifs is 1. The summed E-state index contributed by atoms with van der Waals surface area (Å²) >= 11 is 5.96. The van der Waals surface area contributed by atoms with Gasteiger partial charge in [0.25, 0.3) is 15.9 Å². The van der Waals surface area contributed by atoms with Crippen LogP contribution in [0.15, 0.2) is 89.8 Å². The van der Waals surface area contributed by atoms with Crippen molar-refractivity contribution in [2.24, 2.45) is 11.7 Å². The van der Waals surface area contributed by atoms with E-state index in [-0.39, 0.29) is 49.9 Å². The molecule has 2 fully saturated rings. The van der Waals surface area contributed by atoms with Crippen LogP contribution >= 0.6 is 11.6 Å². The number of nitrogens with two attached hydrogens (primary N) is 1. The molecule has 2 N–H and O–H groups in total. The molecular formula is C38H37ClF5N3O6S. The Labute approximate surface area is 313 Å². The molecule has 1 heterocycles. The highest BCUT2D eigenvalue weighted by molar-refractivity contribution is 7.89. The van der Waals surface area contributed by atoms with Crippen LogP contribution in [0.4, 0.5) is 22.0 Å². The molecule has 1 saturated heterocycles. The predicted molar refractivity (Wildman–Crippen MR) is 191 cm³/mol. The number of ether oxygens (including phenoxy) is 1. The minimum absolute atomic E-state index is 0.0184. The Hall–Kier alpha value is -4.31. The summed E-state index contributed by atoms with van der Waals surface area (Å²) in [7, 11) is -5.62. The Morgan fingerprint density at radius 2 is 1.41 bits per heavy atom. The van der Waals surface area contributed by atoms with Crippen LogP contribution in [0.3, 0.4) is 0 Å². The first-order valence-electron chi connectivity index (χ1n) is 17.3. The van der Waals surface area contributed by atoms with Gasteiger partial charge in [0.05, 0.1) is 11.0 Å². The highest BCUT2D eigenvalue weighted by atomic mass is 35.5. The number of hydroxylamine groups is 1. The standard InChI is InChI=1S/C38H37ClF5N3O6S/c39-30-13-7-26(8-14-30)25-5-11-29(12-6-25)37(40,41)34(35(48)46-19-17-24(23-45)18-20-46)47(53-36(49)38(42,43)44)54(50,51)33-16-10-27-21-32(15-9-28(27)22-33)52-31-3-1-2-4-31/h5-16,21-22,24,31,34H,1-4,17-20,23,45H2/t34-/m0/s1. The maximum absolute atomic E-state index is 17.0. The molecule has 1 amide bonds. The smallest absolute Gasteiger partial charge is 0.490 e. The molecular weight excluding hydrogens is 757 g/mol. The topological polar surface area (TPSA) is 119 Å². The van der Waals surface area contributed by atoms with Crippen LogP contribution in [0.25, 0.3) is 21.9 Å². The van der Waals surface area contributed by atoms with E-state index in [0.29, 0.717) is 27.3 Å².